The maximum atomic E-state index is 6.05. The lowest BCUT2D eigenvalue weighted by Gasteiger charge is -2.15. The molecule has 0 saturated heterocycles. The van der Waals surface area contributed by atoms with E-state index in [1.165, 1.54) is 6.33 Å². The summed E-state index contributed by atoms with van der Waals surface area (Å²) in [6.07, 6.45) is 1.50. The molecular formula is C11H18ClN3. The molecule has 0 atom stereocenters. The molecule has 0 amide bonds. The summed E-state index contributed by atoms with van der Waals surface area (Å²) in [4.78, 5) is 8.23. The van der Waals surface area contributed by atoms with Crippen LogP contribution in [0.1, 0.15) is 39.2 Å². The predicted octanol–water partition coefficient (Wildman–Crippen LogP) is 3.32. The first-order chi connectivity index (χ1) is 7.02. The van der Waals surface area contributed by atoms with Crippen LogP contribution >= 0.6 is 11.6 Å². The Balaban J connectivity index is 2.91. The molecule has 4 heteroatoms. The highest BCUT2D eigenvalue weighted by molar-refractivity contribution is 6.30. The van der Waals surface area contributed by atoms with Gasteiger partial charge in [0.2, 0.25) is 0 Å². The first-order valence-electron chi connectivity index (χ1n) is 5.26. The highest BCUT2D eigenvalue weighted by Gasteiger charge is 2.13. The molecule has 15 heavy (non-hydrogen) atoms. The fraction of sp³-hybridized carbons (Fsp3) is 0.636. The Hall–Kier alpha value is -0.830. The first-order valence-corrected chi connectivity index (χ1v) is 5.64. The number of hydrogen-bond acceptors (Lipinski definition) is 3. The van der Waals surface area contributed by atoms with Crippen LogP contribution < -0.4 is 5.32 Å². The molecule has 0 aromatic carbocycles. The van der Waals surface area contributed by atoms with Crippen molar-refractivity contribution in [3.63, 3.8) is 0 Å². The van der Waals surface area contributed by atoms with E-state index in [4.69, 9.17) is 11.6 Å². The minimum Gasteiger partial charge on any atom is -0.369 e. The topological polar surface area (TPSA) is 37.8 Å². The molecule has 1 rings (SSSR count). The van der Waals surface area contributed by atoms with Gasteiger partial charge in [-0.2, -0.15) is 0 Å². The lowest BCUT2D eigenvalue weighted by molar-refractivity contribution is 0.684. The second-order valence-electron chi connectivity index (χ2n) is 4.36. The maximum absolute atomic E-state index is 6.05. The number of halogens is 1. The standard InChI is InChI=1S/C11H18ClN3/c1-7(2)5-13-11-9(8(3)4)10(12)14-6-15-11/h6-8H,5H2,1-4H3,(H,13,14,15). The zero-order chi connectivity index (χ0) is 11.4. The van der Waals surface area contributed by atoms with E-state index in [1.54, 1.807) is 0 Å². The number of anilines is 1. The van der Waals surface area contributed by atoms with Gasteiger partial charge in [-0.3, -0.25) is 0 Å². The van der Waals surface area contributed by atoms with E-state index in [1.807, 2.05) is 0 Å². The molecule has 0 fully saturated rings. The van der Waals surface area contributed by atoms with Gasteiger partial charge in [-0.05, 0) is 11.8 Å². The van der Waals surface area contributed by atoms with Gasteiger partial charge in [0.1, 0.15) is 17.3 Å². The molecular weight excluding hydrogens is 210 g/mol. The molecule has 84 valence electrons. The van der Waals surface area contributed by atoms with Gasteiger partial charge in [-0.1, -0.05) is 39.3 Å². The molecule has 3 nitrogen and oxygen atoms in total. The van der Waals surface area contributed by atoms with E-state index >= 15 is 0 Å². The summed E-state index contributed by atoms with van der Waals surface area (Å²) < 4.78 is 0. The average molecular weight is 228 g/mol. The molecule has 1 N–H and O–H groups in total. The molecule has 0 radical (unpaired) electrons. The Bertz CT molecular complexity index is 324. The highest BCUT2D eigenvalue weighted by Crippen LogP contribution is 2.27. The summed E-state index contributed by atoms with van der Waals surface area (Å²) in [6.45, 7) is 9.39. The van der Waals surface area contributed by atoms with E-state index in [9.17, 15) is 0 Å². The van der Waals surface area contributed by atoms with Crippen LogP contribution in [0.5, 0.6) is 0 Å². The van der Waals surface area contributed by atoms with Crippen molar-refractivity contribution < 1.29 is 0 Å². The van der Waals surface area contributed by atoms with Gasteiger partial charge < -0.3 is 5.32 Å². The summed E-state index contributed by atoms with van der Waals surface area (Å²) in [5.74, 6) is 1.77. The molecule has 0 unspecified atom stereocenters. The van der Waals surface area contributed by atoms with Crippen LogP contribution in [0.25, 0.3) is 0 Å². The Morgan fingerprint density at radius 3 is 2.47 bits per heavy atom. The quantitative estimate of drug-likeness (QED) is 0.802. The second kappa shape index (κ2) is 5.31. The average Bonchev–Trinajstić information content (AvgIpc) is 2.13. The zero-order valence-corrected chi connectivity index (χ0v) is 10.5. The van der Waals surface area contributed by atoms with Crippen LogP contribution in [0.3, 0.4) is 0 Å². The van der Waals surface area contributed by atoms with Crippen LogP contribution in [-0.2, 0) is 0 Å². The SMILES string of the molecule is CC(C)CNc1ncnc(Cl)c1C(C)C. The van der Waals surface area contributed by atoms with Gasteiger partial charge in [0.25, 0.3) is 0 Å². The minimum absolute atomic E-state index is 0.327. The third-order valence-electron chi connectivity index (χ3n) is 2.09. The summed E-state index contributed by atoms with van der Waals surface area (Å²) in [5.41, 5.74) is 1.000. The molecule has 1 aromatic heterocycles. The molecule has 1 heterocycles. The fourth-order valence-electron chi connectivity index (χ4n) is 1.33. The van der Waals surface area contributed by atoms with Crippen LogP contribution in [0, 0.1) is 5.92 Å². The number of hydrogen-bond donors (Lipinski definition) is 1. The van der Waals surface area contributed by atoms with Crippen LogP contribution in [0.2, 0.25) is 5.15 Å². The molecule has 0 spiro atoms. The second-order valence-corrected chi connectivity index (χ2v) is 4.71. The fourth-order valence-corrected chi connectivity index (χ4v) is 1.68. The minimum atomic E-state index is 0.327. The lowest BCUT2D eigenvalue weighted by Crippen LogP contribution is -2.12. The van der Waals surface area contributed by atoms with Crippen LogP contribution in [0.15, 0.2) is 6.33 Å². The predicted molar refractivity (Wildman–Crippen MR) is 64.5 cm³/mol. The van der Waals surface area contributed by atoms with Crippen molar-refractivity contribution >= 4 is 17.4 Å². The van der Waals surface area contributed by atoms with E-state index in [2.05, 4.69) is 43.0 Å². The van der Waals surface area contributed by atoms with Gasteiger partial charge >= 0.3 is 0 Å². The smallest absolute Gasteiger partial charge is 0.138 e. The van der Waals surface area contributed by atoms with Crippen molar-refractivity contribution in [2.75, 3.05) is 11.9 Å². The summed E-state index contributed by atoms with van der Waals surface area (Å²) in [7, 11) is 0. The summed E-state index contributed by atoms with van der Waals surface area (Å²) in [5, 5.41) is 3.85. The Morgan fingerprint density at radius 2 is 1.93 bits per heavy atom. The molecule has 0 saturated carbocycles. The van der Waals surface area contributed by atoms with Gasteiger partial charge in [-0.25, -0.2) is 9.97 Å². The maximum Gasteiger partial charge on any atom is 0.138 e. The molecule has 0 bridgehead atoms. The van der Waals surface area contributed by atoms with Gasteiger partial charge in [0, 0.05) is 12.1 Å². The number of rotatable bonds is 4. The molecule has 0 aliphatic rings. The molecule has 1 aromatic rings. The number of nitrogens with one attached hydrogen (secondary N) is 1. The largest absolute Gasteiger partial charge is 0.369 e. The van der Waals surface area contributed by atoms with E-state index in [0.717, 1.165) is 17.9 Å². The van der Waals surface area contributed by atoms with Crippen LogP contribution in [0.4, 0.5) is 5.82 Å². The zero-order valence-electron chi connectivity index (χ0n) is 9.71. The first kappa shape index (κ1) is 12.2. The van der Waals surface area contributed by atoms with E-state index in [0.29, 0.717) is 17.0 Å². The Kier molecular flexibility index (Phi) is 4.33. The van der Waals surface area contributed by atoms with Crippen LogP contribution in [-0.4, -0.2) is 16.5 Å². The van der Waals surface area contributed by atoms with Crippen molar-refractivity contribution in [2.45, 2.75) is 33.6 Å². The van der Waals surface area contributed by atoms with Gasteiger partial charge in [0.05, 0.1) is 0 Å². The van der Waals surface area contributed by atoms with Gasteiger partial charge in [-0.15, -0.1) is 0 Å². The summed E-state index contributed by atoms with van der Waals surface area (Å²) >= 11 is 6.05. The van der Waals surface area contributed by atoms with Gasteiger partial charge in [0.15, 0.2) is 0 Å². The molecule has 0 aliphatic heterocycles. The highest BCUT2D eigenvalue weighted by atomic mass is 35.5. The monoisotopic (exact) mass is 227 g/mol. The summed E-state index contributed by atoms with van der Waals surface area (Å²) in [6, 6.07) is 0. The van der Waals surface area contributed by atoms with E-state index < -0.39 is 0 Å². The normalized spacial score (nSPS) is 11.1. The molecule has 0 aliphatic carbocycles. The van der Waals surface area contributed by atoms with Crippen molar-refractivity contribution in [1.29, 1.82) is 0 Å². The lowest BCUT2D eigenvalue weighted by atomic mass is 10.1. The van der Waals surface area contributed by atoms with Crippen molar-refractivity contribution in [2.24, 2.45) is 5.92 Å². The van der Waals surface area contributed by atoms with Crippen molar-refractivity contribution in [3.8, 4) is 0 Å². The third kappa shape index (κ3) is 3.34. The number of nitrogens with zero attached hydrogens (tertiary/aromatic N) is 2. The number of aromatic nitrogens is 2. The Labute approximate surface area is 96.3 Å². The third-order valence-corrected chi connectivity index (χ3v) is 2.39. The Morgan fingerprint density at radius 1 is 1.27 bits per heavy atom. The van der Waals surface area contributed by atoms with Crippen molar-refractivity contribution in [3.05, 3.63) is 17.0 Å². The van der Waals surface area contributed by atoms with Crippen molar-refractivity contribution in [1.82, 2.24) is 9.97 Å². The van der Waals surface area contributed by atoms with E-state index in [-0.39, 0.29) is 0 Å².